The van der Waals surface area contributed by atoms with Crippen LogP contribution in [0.15, 0.2) is 0 Å². The van der Waals surface area contributed by atoms with Crippen molar-refractivity contribution < 1.29 is 0 Å². The van der Waals surface area contributed by atoms with E-state index < -0.39 is 0 Å². The van der Waals surface area contributed by atoms with Crippen LogP contribution in [0.1, 0.15) is 0 Å². The second-order valence-electron chi connectivity index (χ2n) is 0.354. The van der Waals surface area contributed by atoms with Gasteiger partial charge in [0.1, 0.15) is 0 Å². The maximum Gasteiger partial charge on any atom is -0.813 e. The van der Waals surface area contributed by atoms with Gasteiger partial charge < -0.3 is 13.5 Å². The Bertz CT molecular complexity index is 13.5. The van der Waals surface area contributed by atoms with Crippen molar-refractivity contribution in [2.24, 2.45) is 0 Å². The average molecular weight is 181 g/mol. The molecule has 25 valence electrons. The topological polar surface area (TPSA) is 0 Å². The summed E-state index contributed by atoms with van der Waals surface area (Å²) in [4.78, 5) is 2.18. The van der Waals surface area contributed by atoms with E-state index in [4.69, 9.17) is 0 Å². The van der Waals surface area contributed by atoms with Crippen molar-refractivity contribution in [1.29, 1.82) is 0 Å². The molecular weight excluding hydrogens is 175 g/mol. The summed E-state index contributed by atoms with van der Waals surface area (Å²) in [5.74, 6) is 0. The van der Waals surface area contributed by atoms with Gasteiger partial charge in [-0.2, -0.15) is 0 Å². The van der Waals surface area contributed by atoms with E-state index in [0.29, 0.717) is 0 Å². The fourth-order valence-corrected chi connectivity index (χ4v) is 0. The normalized spacial score (nSPS) is 3.25. The van der Waals surface area contributed by atoms with Gasteiger partial charge in [0, 0.05) is 0 Å². The molecule has 0 amide bonds. The SMILES string of the molecule is [CH2]=[Sn][CH3].[SH-]. The number of rotatable bonds is 0. The third kappa shape index (κ3) is 11.9. The zero-order valence-corrected chi connectivity index (χ0v) is 6.40. The fraction of sp³-hybridized carbons (Fsp3) is 0.500. The Labute approximate surface area is 43.8 Å². The van der Waals surface area contributed by atoms with Crippen LogP contribution >= 0.6 is 0 Å². The molecule has 0 atom stereocenters. The van der Waals surface area contributed by atoms with E-state index >= 15 is 0 Å². The van der Waals surface area contributed by atoms with Crippen molar-refractivity contribution in [3.63, 3.8) is 0 Å². The molecule has 0 saturated heterocycles. The molecule has 0 bridgehead atoms. The van der Waals surface area contributed by atoms with Crippen LogP contribution in [0.3, 0.4) is 0 Å². The molecule has 0 aromatic rings. The van der Waals surface area contributed by atoms with Gasteiger partial charge in [-0.15, -0.1) is 0 Å². The quantitative estimate of drug-likeness (QED) is 0.285. The first-order valence-corrected chi connectivity index (χ1v) is 5.73. The molecular formula is C2H6SSn-. The van der Waals surface area contributed by atoms with Crippen molar-refractivity contribution in [2.75, 3.05) is 0 Å². The Kier molecular flexibility index (Phi) is 20.0. The molecule has 2 heteroatoms. The summed E-state index contributed by atoms with van der Waals surface area (Å²) in [7, 11) is 0. The van der Waals surface area contributed by atoms with Crippen LogP contribution in [0, 0.1) is 0 Å². The smallest absolute Gasteiger partial charge is 0.813 e. The van der Waals surface area contributed by atoms with Gasteiger partial charge in [-0.25, -0.2) is 0 Å². The molecule has 0 heterocycles. The summed E-state index contributed by atoms with van der Waals surface area (Å²) in [6.45, 7) is 0. The standard InChI is InChI=1S/CH3.CH2.H2S.Sn/h1H3;2*1H2;/p-1. The summed E-state index contributed by atoms with van der Waals surface area (Å²) in [6.07, 6.45) is 0. The van der Waals surface area contributed by atoms with Gasteiger partial charge in [0.05, 0.1) is 0 Å². The van der Waals surface area contributed by atoms with E-state index in [2.05, 4.69) is 9.46 Å². The Morgan fingerprint density at radius 2 is 1.75 bits per heavy atom. The largest absolute Gasteiger partial charge is 0.813 e. The van der Waals surface area contributed by atoms with E-state index in [9.17, 15) is 0 Å². The Balaban J connectivity index is 0. The molecule has 4 heavy (non-hydrogen) atoms. The molecule has 0 rings (SSSR count). The van der Waals surface area contributed by atoms with Gasteiger partial charge >= 0.3 is 30.1 Å². The van der Waals surface area contributed by atoms with E-state index in [1.807, 2.05) is 0 Å². The van der Waals surface area contributed by atoms with Crippen LogP contribution in [-0.2, 0) is 13.5 Å². The van der Waals surface area contributed by atoms with Crippen LogP contribution in [0.4, 0.5) is 0 Å². The minimum atomic E-state index is -0.0200. The van der Waals surface area contributed by atoms with Crippen molar-refractivity contribution in [1.82, 2.24) is 0 Å². The molecule has 0 saturated carbocycles. The first kappa shape index (κ1) is 8.89. The number of thiol groups is 1. The van der Waals surface area contributed by atoms with Gasteiger partial charge in [-0.05, 0) is 0 Å². The molecule has 0 spiro atoms. The van der Waals surface area contributed by atoms with Gasteiger partial charge in [-0.1, -0.05) is 0 Å². The summed E-state index contributed by atoms with van der Waals surface area (Å²) >= 11 is -0.0200. The van der Waals surface area contributed by atoms with Crippen LogP contribution in [0.2, 0.25) is 4.94 Å². The summed E-state index contributed by atoms with van der Waals surface area (Å²) in [5, 5.41) is 0. The Hall–Kier alpha value is 1.02. The van der Waals surface area contributed by atoms with Crippen LogP contribution in [0.5, 0.6) is 0 Å². The predicted molar refractivity (Wildman–Crippen MR) is 27.5 cm³/mol. The molecule has 0 aliphatic rings. The van der Waals surface area contributed by atoms with Gasteiger partial charge in [0.15, 0.2) is 0 Å². The first-order chi connectivity index (χ1) is 1.41. The molecule has 0 aromatic carbocycles. The minimum absolute atomic E-state index is 0. The molecule has 0 fully saturated rings. The molecule has 0 unspecified atom stereocenters. The van der Waals surface area contributed by atoms with Gasteiger partial charge in [0.25, 0.3) is 0 Å². The first-order valence-electron chi connectivity index (χ1n) is 0.854. The van der Waals surface area contributed by atoms with Crippen LogP contribution in [0.25, 0.3) is 0 Å². The van der Waals surface area contributed by atoms with Crippen molar-refractivity contribution in [3.8, 4) is 0 Å². The summed E-state index contributed by atoms with van der Waals surface area (Å²) in [5.41, 5.74) is 0. The zero-order chi connectivity index (χ0) is 2.71. The van der Waals surface area contributed by atoms with E-state index in [1.165, 1.54) is 0 Å². The van der Waals surface area contributed by atoms with Crippen molar-refractivity contribution in [2.45, 2.75) is 4.94 Å². The van der Waals surface area contributed by atoms with Crippen molar-refractivity contribution >= 4 is 38.7 Å². The predicted octanol–water partition coefficient (Wildman–Crippen LogP) is -0.0994. The zero-order valence-electron chi connectivity index (χ0n) is 2.65. The monoisotopic (exact) mass is 182 g/mol. The van der Waals surface area contributed by atoms with Gasteiger partial charge in [0.2, 0.25) is 0 Å². The molecule has 1 radical (unpaired) electrons. The van der Waals surface area contributed by atoms with Gasteiger partial charge in [-0.3, -0.25) is 0 Å². The number of hydrogen-bond acceptors (Lipinski definition) is 1. The summed E-state index contributed by atoms with van der Waals surface area (Å²) in [6, 6.07) is 0. The van der Waals surface area contributed by atoms with Crippen molar-refractivity contribution in [3.05, 3.63) is 0 Å². The maximum atomic E-state index is 3.66. The second-order valence-corrected chi connectivity index (χ2v) is 2.37. The molecule has 0 aromatic heterocycles. The number of hydrogen-bond donors (Lipinski definition) is 0. The van der Waals surface area contributed by atoms with Crippen LogP contribution in [-0.4, -0.2) is 25.2 Å². The Morgan fingerprint density at radius 1 is 1.75 bits per heavy atom. The van der Waals surface area contributed by atoms with Crippen LogP contribution < -0.4 is 0 Å². The fourth-order valence-electron chi connectivity index (χ4n) is 0. The maximum absolute atomic E-state index is 3.66. The average Bonchev–Trinajstić information content (AvgIpc) is 0.918. The minimum Gasteiger partial charge on any atom is -0.813 e. The van der Waals surface area contributed by atoms with E-state index in [-0.39, 0.29) is 34.2 Å². The summed E-state index contributed by atoms with van der Waals surface area (Å²) < 4.78 is 3.66. The molecule has 0 nitrogen and oxygen atoms in total. The third-order valence-electron chi connectivity index (χ3n) is 0. The Morgan fingerprint density at radius 3 is 1.75 bits per heavy atom. The molecule has 0 aliphatic heterocycles. The second kappa shape index (κ2) is 8.99. The van der Waals surface area contributed by atoms with E-state index in [1.54, 1.807) is 0 Å². The van der Waals surface area contributed by atoms with E-state index in [0.717, 1.165) is 0 Å². The molecule has 0 aliphatic carbocycles. The third-order valence-corrected chi connectivity index (χ3v) is 0. The molecule has 0 N–H and O–H groups in total.